The molecule has 3 atom stereocenters. The van der Waals surface area contributed by atoms with Crippen LogP contribution >= 0.6 is 0 Å². The first-order valence-electron chi connectivity index (χ1n) is 9.70. The molecule has 2 aromatic rings. The van der Waals surface area contributed by atoms with Crippen molar-refractivity contribution in [3.05, 3.63) is 71.3 Å². The maximum atomic E-state index is 11.3. The Morgan fingerprint density at radius 2 is 2.04 bits per heavy atom. The van der Waals surface area contributed by atoms with Gasteiger partial charge in [0.05, 0.1) is 18.6 Å². The Bertz CT molecular complexity index is 908. The Morgan fingerprint density at radius 3 is 2.79 bits per heavy atom. The second-order valence-corrected chi connectivity index (χ2v) is 7.65. The third-order valence-electron chi connectivity index (χ3n) is 5.87. The molecule has 4 rings (SSSR count). The summed E-state index contributed by atoms with van der Waals surface area (Å²) in [6, 6.07) is 15.3. The van der Waals surface area contributed by atoms with Crippen LogP contribution in [0.2, 0.25) is 0 Å². The minimum absolute atomic E-state index is 0.0446. The van der Waals surface area contributed by atoms with Crippen molar-refractivity contribution in [2.45, 2.75) is 37.3 Å². The zero-order valence-corrected chi connectivity index (χ0v) is 15.9. The van der Waals surface area contributed by atoms with Gasteiger partial charge in [0.2, 0.25) is 0 Å². The smallest absolute Gasteiger partial charge is 0.310 e. The predicted molar refractivity (Wildman–Crippen MR) is 107 cm³/mol. The number of carbonyl (C=O) groups is 1. The first-order valence-corrected chi connectivity index (χ1v) is 9.70. The summed E-state index contributed by atoms with van der Waals surface area (Å²) in [4.78, 5) is 11.3. The van der Waals surface area contributed by atoms with Gasteiger partial charge in [0.1, 0.15) is 11.4 Å². The lowest BCUT2D eigenvalue weighted by Crippen LogP contribution is -2.47. The van der Waals surface area contributed by atoms with Gasteiger partial charge in [-0.2, -0.15) is 0 Å². The SMILES string of the molecule is CC(C(=O)O)c1ccc(O)c(C2=C[C@@]3(CCCN[C@H]3c3ccccc3)OC2)c1. The summed E-state index contributed by atoms with van der Waals surface area (Å²) in [5.74, 6) is -1.37. The molecule has 1 unspecified atom stereocenters. The van der Waals surface area contributed by atoms with E-state index in [4.69, 9.17) is 4.74 Å². The number of aliphatic carboxylic acids is 1. The summed E-state index contributed by atoms with van der Waals surface area (Å²) in [7, 11) is 0. The van der Waals surface area contributed by atoms with Crippen LogP contribution in [0.5, 0.6) is 5.75 Å². The van der Waals surface area contributed by atoms with Gasteiger partial charge in [0, 0.05) is 5.56 Å². The number of carboxylic acids is 1. The van der Waals surface area contributed by atoms with Crippen molar-refractivity contribution >= 4 is 11.5 Å². The predicted octanol–water partition coefficient (Wildman–Crippen LogP) is 3.86. The van der Waals surface area contributed by atoms with Crippen LogP contribution in [0.3, 0.4) is 0 Å². The van der Waals surface area contributed by atoms with E-state index in [-0.39, 0.29) is 11.8 Å². The van der Waals surface area contributed by atoms with Gasteiger partial charge in [-0.3, -0.25) is 4.79 Å². The topological polar surface area (TPSA) is 78.8 Å². The number of phenols is 1. The van der Waals surface area contributed by atoms with Crippen molar-refractivity contribution in [2.24, 2.45) is 0 Å². The van der Waals surface area contributed by atoms with Gasteiger partial charge in [0.15, 0.2) is 0 Å². The lowest BCUT2D eigenvalue weighted by atomic mass is 9.81. The molecule has 1 fully saturated rings. The molecule has 2 heterocycles. The van der Waals surface area contributed by atoms with Crippen molar-refractivity contribution in [2.75, 3.05) is 13.2 Å². The molecule has 1 spiro atoms. The molecule has 2 aliphatic heterocycles. The summed E-state index contributed by atoms with van der Waals surface area (Å²) >= 11 is 0. The van der Waals surface area contributed by atoms with E-state index in [0.29, 0.717) is 17.7 Å². The van der Waals surface area contributed by atoms with Crippen LogP contribution in [0.1, 0.15) is 48.4 Å². The molecule has 28 heavy (non-hydrogen) atoms. The van der Waals surface area contributed by atoms with Gasteiger partial charge in [-0.15, -0.1) is 0 Å². The lowest BCUT2D eigenvalue weighted by molar-refractivity contribution is -0.138. The van der Waals surface area contributed by atoms with E-state index in [0.717, 1.165) is 25.0 Å². The number of hydrogen-bond donors (Lipinski definition) is 3. The Labute approximate surface area is 164 Å². The zero-order chi connectivity index (χ0) is 19.7. The Balaban J connectivity index is 1.72. The molecule has 2 aliphatic rings. The van der Waals surface area contributed by atoms with Crippen molar-refractivity contribution in [3.63, 3.8) is 0 Å². The molecule has 3 N–H and O–H groups in total. The zero-order valence-electron chi connectivity index (χ0n) is 15.9. The maximum absolute atomic E-state index is 11.3. The standard InChI is InChI=1S/C23H25NO4/c1-15(22(26)27)17-8-9-20(25)19(12-17)18-13-23(28-14-18)10-5-11-24-21(23)16-6-3-2-4-7-16/h2-4,6-9,12-13,15,21,24-25H,5,10-11,14H2,1H3,(H,26,27)/t15?,21-,23+/m0/s1. The van der Waals surface area contributed by atoms with Crippen molar-refractivity contribution in [1.82, 2.24) is 5.32 Å². The molecule has 0 amide bonds. The second-order valence-electron chi connectivity index (χ2n) is 7.65. The molecule has 0 bridgehead atoms. The fourth-order valence-corrected chi connectivity index (χ4v) is 4.25. The van der Waals surface area contributed by atoms with E-state index in [1.54, 1.807) is 25.1 Å². The van der Waals surface area contributed by atoms with Crippen LogP contribution in [-0.2, 0) is 9.53 Å². The summed E-state index contributed by atoms with van der Waals surface area (Å²) in [6.45, 7) is 2.98. The quantitative estimate of drug-likeness (QED) is 0.752. The molecule has 146 valence electrons. The second kappa shape index (κ2) is 7.41. The van der Waals surface area contributed by atoms with Gasteiger partial charge in [-0.1, -0.05) is 36.4 Å². The fraction of sp³-hybridized carbons (Fsp3) is 0.348. The van der Waals surface area contributed by atoms with E-state index in [1.807, 2.05) is 18.2 Å². The summed E-state index contributed by atoms with van der Waals surface area (Å²) in [6.07, 6.45) is 4.03. The number of benzene rings is 2. The van der Waals surface area contributed by atoms with Gasteiger partial charge in [-0.25, -0.2) is 0 Å². The highest BCUT2D eigenvalue weighted by atomic mass is 16.5. The highest BCUT2D eigenvalue weighted by Crippen LogP contribution is 2.45. The molecule has 0 saturated carbocycles. The first kappa shape index (κ1) is 18.7. The maximum Gasteiger partial charge on any atom is 0.310 e. The molecule has 0 aromatic heterocycles. The number of piperidine rings is 1. The molecular weight excluding hydrogens is 354 g/mol. The van der Waals surface area contributed by atoms with E-state index < -0.39 is 17.5 Å². The molecule has 5 heteroatoms. The average Bonchev–Trinajstić information content (AvgIpc) is 3.12. The van der Waals surface area contributed by atoms with Gasteiger partial charge >= 0.3 is 5.97 Å². The monoisotopic (exact) mass is 379 g/mol. The first-order chi connectivity index (χ1) is 13.5. The highest BCUT2D eigenvalue weighted by molar-refractivity contribution is 5.78. The van der Waals surface area contributed by atoms with Crippen LogP contribution in [0.25, 0.3) is 5.57 Å². The van der Waals surface area contributed by atoms with E-state index in [2.05, 4.69) is 23.5 Å². The number of nitrogens with one attached hydrogen (secondary N) is 1. The molecule has 2 aromatic carbocycles. The van der Waals surface area contributed by atoms with Crippen molar-refractivity contribution in [3.8, 4) is 5.75 Å². The number of carboxylic acid groups (broad SMARTS) is 1. The van der Waals surface area contributed by atoms with Crippen LogP contribution in [0.4, 0.5) is 0 Å². The van der Waals surface area contributed by atoms with Gasteiger partial charge in [-0.05, 0) is 61.2 Å². The molecule has 1 saturated heterocycles. The molecule has 5 nitrogen and oxygen atoms in total. The Morgan fingerprint density at radius 1 is 1.25 bits per heavy atom. The highest BCUT2D eigenvalue weighted by Gasteiger charge is 2.44. The molecule has 0 aliphatic carbocycles. The summed E-state index contributed by atoms with van der Waals surface area (Å²) < 4.78 is 6.34. The third kappa shape index (κ3) is 3.32. The third-order valence-corrected chi connectivity index (χ3v) is 5.87. The number of rotatable bonds is 4. The van der Waals surface area contributed by atoms with E-state index in [1.165, 1.54) is 5.56 Å². The molecule has 0 radical (unpaired) electrons. The van der Waals surface area contributed by atoms with Crippen LogP contribution in [0, 0.1) is 0 Å². The van der Waals surface area contributed by atoms with E-state index in [9.17, 15) is 15.0 Å². The number of aromatic hydroxyl groups is 1. The normalized spacial score (nSPS) is 25.5. The van der Waals surface area contributed by atoms with Crippen LogP contribution < -0.4 is 5.32 Å². The summed E-state index contributed by atoms with van der Waals surface area (Å²) in [5, 5.41) is 23.3. The number of ether oxygens (including phenoxy) is 1. The van der Waals surface area contributed by atoms with Crippen molar-refractivity contribution < 1.29 is 19.7 Å². The Hall–Kier alpha value is -2.63. The van der Waals surface area contributed by atoms with Crippen LogP contribution in [-0.4, -0.2) is 34.9 Å². The Kier molecular flexibility index (Phi) is 4.96. The molecular formula is C23H25NO4. The largest absolute Gasteiger partial charge is 0.507 e. The van der Waals surface area contributed by atoms with Crippen molar-refractivity contribution in [1.29, 1.82) is 0 Å². The van der Waals surface area contributed by atoms with E-state index >= 15 is 0 Å². The number of hydrogen-bond acceptors (Lipinski definition) is 4. The fourth-order valence-electron chi connectivity index (χ4n) is 4.25. The summed E-state index contributed by atoms with van der Waals surface area (Å²) in [5.41, 5.74) is 2.94. The minimum Gasteiger partial charge on any atom is -0.507 e. The minimum atomic E-state index is -0.884. The average molecular weight is 379 g/mol. The van der Waals surface area contributed by atoms with Crippen LogP contribution in [0.15, 0.2) is 54.6 Å². The number of phenolic OH excluding ortho intramolecular Hbond substituents is 1. The van der Waals surface area contributed by atoms with Gasteiger partial charge in [0.25, 0.3) is 0 Å². The lowest BCUT2D eigenvalue weighted by Gasteiger charge is -2.40. The van der Waals surface area contributed by atoms with Gasteiger partial charge < -0.3 is 20.3 Å².